The van der Waals surface area contributed by atoms with Crippen molar-refractivity contribution in [1.82, 2.24) is 19.5 Å². The van der Waals surface area contributed by atoms with Crippen LogP contribution in [0.2, 0.25) is 0 Å². The van der Waals surface area contributed by atoms with Crippen molar-refractivity contribution < 1.29 is 4.42 Å². The quantitative estimate of drug-likeness (QED) is 0.161. The Hall–Kier alpha value is -8.41. The molecule has 0 aliphatic rings. The van der Waals surface area contributed by atoms with E-state index in [1.54, 1.807) is 0 Å². The zero-order valence-corrected chi connectivity index (χ0v) is 33.5. The highest BCUT2D eigenvalue weighted by Gasteiger charge is 2.25. The van der Waals surface area contributed by atoms with Crippen LogP contribution >= 0.6 is 0 Å². The van der Waals surface area contributed by atoms with Crippen molar-refractivity contribution in [3.8, 4) is 73.2 Å². The Balaban J connectivity index is 1.17. The molecule has 3 heterocycles. The maximum Gasteiger partial charge on any atom is 0.238 e. The SMILES string of the molecule is c1ccc(-c2ccc(-c3nc(-c4ccc(-c5ccccc5)cc4)nc(-n4c5cc(-c6ccccc6)cc(-c6ccccc6)c5c5ccc6c7ccccc7oc6c54)n3)cc2)cc1. The molecular formula is C57H36N4O. The number of benzene rings is 9. The van der Waals surface area contributed by atoms with Crippen LogP contribution in [0, 0.1) is 0 Å². The molecule has 3 aromatic heterocycles. The fraction of sp³-hybridized carbons (Fsp3) is 0. The van der Waals surface area contributed by atoms with Crippen LogP contribution in [-0.4, -0.2) is 19.5 Å². The number of aromatic nitrogens is 4. The molecule has 0 unspecified atom stereocenters. The van der Waals surface area contributed by atoms with Gasteiger partial charge in [0.05, 0.1) is 5.52 Å². The van der Waals surface area contributed by atoms with Crippen molar-refractivity contribution in [3.63, 3.8) is 0 Å². The highest BCUT2D eigenvalue weighted by Crippen LogP contribution is 2.45. The molecule has 0 aliphatic carbocycles. The van der Waals surface area contributed by atoms with Crippen molar-refractivity contribution in [1.29, 1.82) is 0 Å². The van der Waals surface area contributed by atoms with Crippen molar-refractivity contribution >= 4 is 43.7 Å². The Morgan fingerprint density at radius 3 is 1.35 bits per heavy atom. The predicted octanol–water partition coefficient (Wildman–Crippen LogP) is 14.9. The molecule has 0 saturated heterocycles. The lowest BCUT2D eigenvalue weighted by Crippen LogP contribution is -2.06. The molecule has 0 N–H and O–H groups in total. The second-order valence-electron chi connectivity index (χ2n) is 15.6. The Bertz CT molecular complexity index is 3480. The molecule has 0 saturated carbocycles. The van der Waals surface area contributed by atoms with Crippen LogP contribution in [0.15, 0.2) is 223 Å². The maximum atomic E-state index is 6.87. The van der Waals surface area contributed by atoms with Crippen LogP contribution in [-0.2, 0) is 0 Å². The topological polar surface area (TPSA) is 56.7 Å². The summed E-state index contributed by atoms with van der Waals surface area (Å²) in [5.74, 6) is 1.65. The second kappa shape index (κ2) is 14.7. The summed E-state index contributed by atoms with van der Waals surface area (Å²) in [4.78, 5) is 16.0. The van der Waals surface area contributed by atoms with Gasteiger partial charge in [-0.2, -0.15) is 9.97 Å². The van der Waals surface area contributed by atoms with Gasteiger partial charge in [0.15, 0.2) is 17.2 Å². The molecule has 62 heavy (non-hydrogen) atoms. The summed E-state index contributed by atoms with van der Waals surface area (Å²) in [6, 6.07) is 76.3. The highest BCUT2D eigenvalue weighted by atomic mass is 16.3. The van der Waals surface area contributed by atoms with Gasteiger partial charge < -0.3 is 4.42 Å². The third-order valence-electron chi connectivity index (χ3n) is 11.9. The van der Waals surface area contributed by atoms with E-state index in [1.165, 1.54) is 0 Å². The van der Waals surface area contributed by atoms with Gasteiger partial charge in [-0.05, 0) is 68.8 Å². The van der Waals surface area contributed by atoms with E-state index in [9.17, 15) is 0 Å². The third kappa shape index (κ3) is 6.06. The average molecular weight is 793 g/mol. The summed E-state index contributed by atoms with van der Waals surface area (Å²) in [6.07, 6.45) is 0. The number of hydrogen-bond acceptors (Lipinski definition) is 4. The van der Waals surface area contributed by atoms with Gasteiger partial charge in [-0.1, -0.05) is 194 Å². The summed E-state index contributed by atoms with van der Waals surface area (Å²) < 4.78 is 9.07. The number of rotatable bonds is 7. The monoisotopic (exact) mass is 792 g/mol. The van der Waals surface area contributed by atoms with Gasteiger partial charge in [-0.3, -0.25) is 4.57 Å². The summed E-state index contributed by atoms with van der Waals surface area (Å²) >= 11 is 0. The summed E-state index contributed by atoms with van der Waals surface area (Å²) in [5.41, 5.74) is 14.2. The standard InChI is InChI=1S/C57H36N4O/c1-5-15-37(16-6-1)40-25-29-43(30-26-40)55-58-56(44-31-27-41(28-32-44)38-17-7-2-8-18-38)60-57(59-55)61-50-36-45(39-19-9-3-10-20-39)35-49(42-21-11-4-12-22-42)52(50)48-34-33-47-46-23-13-14-24-51(46)62-54(47)53(48)61/h1-36H. The molecule has 0 amide bonds. The number of furan rings is 1. The van der Waals surface area contributed by atoms with Gasteiger partial charge in [0, 0.05) is 32.7 Å². The molecule has 290 valence electrons. The Kier molecular flexibility index (Phi) is 8.42. The average Bonchev–Trinajstić information content (AvgIpc) is 3.91. The molecular weight excluding hydrogens is 757 g/mol. The number of fused-ring (bicyclic) bond motifs is 7. The lowest BCUT2D eigenvalue weighted by molar-refractivity contribution is 0.670. The molecule has 0 spiro atoms. The Labute approximate surface area is 357 Å². The zero-order valence-electron chi connectivity index (χ0n) is 33.5. The van der Waals surface area contributed by atoms with Gasteiger partial charge in [0.25, 0.3) is 0 Å². The first kappa shape index (κ1) is 35.5. The fourth-order valence-electron chi connectivity index (χ4n) is 8.86. The van der Waals surface area contributed by atoms with E-state index in [4.69, 9.17) is 19.4 Å². The van der Waals surface area contributed by atoms with E-state index >= 15 is 0 Å². The number of hydrogen-bond donors (Lipinski definition) is 0. The number of nitrogens with zero attached hydrogens (tertiary/aromatic N) is 4. The van der Waals surface area contributed by atoms with E-state index in [1.807, 2.05) is 24.3 Å². The van der Waals surface area contributed by atoms with Crippen LogP contribution < -0.4 is 0 Å². The van der Waals surface area contributed by atoms with Crippen LogP contribution in [0.3, 0.4) is 0 Å². The first-order valence-electron chi connectivity index (χ1n) is 20.8. The fourth-order valence-corrected chi connectivity index (χ4v) is 8.86. The van der Waals surface area contributed by atoms with Crippen molar-refractivity contribution in [3.05, 3.63) is 218 Å². The molecule has 0 aliphatic heterocycles. The minimum Gasteiger partial charge on any atom is -0.454 e. The molecule has 0 atom stereocenters. The van der Waals surface area contributed by atoms with E-state index in [0.717, 1.165) is 99.4 Å². The van der Waals surface area contributed by atoms with Crippen LogP contribution in [0.25, 0.3) is 117 Å². The van der Waals surface area contributed by atoms with Gasteiger partial charge in [-0.25, -0.2) is 4.98 Å². The third-order valence-corrected chi connectivity index (χ3v) is 11.9. The van der Waals surface area contributed by atoms with Gasteiger partial charge in [0.1, 0.15) is 11.1 Å². The summed E-state index contributed by atoms with van der Waals surface area (Å²) in [5, 5.41) is 4.23. The Morgan fingerprint density at radius 1 is 0.339 bits per heavy atom. The molecule has 0 fully saturated rings. The first-order chi connectivity index (χ1) is 30.7. The molecule has 12 aromatic rings. The lowest BCUT2D eigenvalue weighted by atomic mass is 9.94. The minimum absolute atomic E-state index is 0.501. The number of para-hydroxylation sites is 1. The highest BCUT2D eigenvalue weighted by molar-refractivity contribution is 6.24. The van der Waals surface area contributed by atoms with Gasteiger partial charge in [0.2, 0.25) is 5.95 Å². The largest absolute Gasteiger partial charge is 0.454 e. The van der Waals surface area contributed by atoms with Gasteiger partial charge in [-0.15, -0.1) is 0 Å². The van der Waals surface area contributed by atoms with Crippen LogP contribution in [0.5, 0.6) is 0 Å². The summed E-state index contributed by atoms with van der Waals surface area (Å²) in [6.45, 7) is 0. The summed E-state index contributed by atoms with van der Waals surface area (Å²) in [7, 11) is 0. The van der Waals surface area contributed by atoms with Crippen LogP contribution in [0.4, 0.5) is 0 Å². The van der Waals surface area contributed by atoms with Crippen molar-refractivity contribution in [2.75, 3.05) is 0 Å². The molecule has 0 radical (unpaired) electrons. The van der Waals surface area contributed by atoms with Crippen molar-refractivity contribution in [2.24, 2.45) is 0 Å². The maximum absolute atomic E-state index is 6.87. The lowest BCUT2D eigenvalue weighted by Gasteiger charge is -2.13. The minimum atomic E-state index is 0.501. The normalized spacial score (nSPS) is 11.5. The molecule has 9 aromatic carbocycles. The first-order valence-corrected chi connectivity index (χ1v) is 20.8. The zero-order chi connectivity index (χ0) is 41.0. The molecule has 5 nitrogen and oxygen atoms in total. The van der Waals surface area contributed by atoms with E-state index in [2.05, 4.69) is 199 Å². The van der Waals surface area contributed by atoms with Crippen molar-refractivity contribution in [2.45, 2.75) is 0 Å². The molecule has 12 rings (SSSR count). The second-order valence-corrected chi connectivity index (χ2v) is 15.6. The van der Waals surface area contributed by atoms with E-state index < -0.39 is 0 Å². The van der Waals surface area contributed by atoms with Crippen LogP contribution in [0.1, 0.15) is 0 Å². The van der Waals surface area contributed by atoms with Gasteiger partial charge >= 0.3 is 0 Å². The van der Waals surface area contributed by atoms with E-state index in [-0.39, 0.29) is 0 Å². The van der Waals surface area contributed by atoms with E-state index in [0.29, 0.717) is 17.6 Å². The molecule has 0 bridgehead atoms. The predicted molar refractivity (Wildman–Crippen MR) is 254 cm³/mol. The Morgan fingerprint density at radius 2 is 0.790 bits per heavy atom. The smallest absolute Gasteiger partial charge is 0.238 e. The molecule has 5 heteroatoms.